The monoisotopic (exact) mass is 444 g/mol. The number of nitrogens with zero attached hydrogens (tertiary/aromatic N) is 1. The van der Waals surface area contributed by atoms with Crippen LogP contribution in [0.2, 0.25) is 5.02 Å². The van der Waals surface area contributed by atoms with Crippen molar-refractivity contribution in [1.29, 1.82) is 0 Å². The average Bonchev–Trinajstić information content (AvgIpc) is 3.58. The Morgan fingerprint density at radius 2 is 2.06 bits per heavy atom. The number of halogens is 2. The molecule has 1 aromatic heterocycles. The molecule has 164 valence electrons. The van der Waals surface area contributed by atoms with E-state index in [0.29, 0.717) is 11.5 Å². The van der Waals surface area contributed by atoms with Gasteiger partial charge < -0.3 is 10.6 Å². The van der Waals surface area contributed by atoms with Crippen LogP contribution in [0.1, 0.15) is 73.6 Å². The Morgan fingerprint density at radius 3 is 2.71 bits per heavy atom. The minimum Gasteiger partial charge on any atom is -0.352 e. The summed E-state index contributed by atoms with van der Waals surface area (Å²) in [4.78, 5) is 28.8. The second kappa shape index (κ2) is 8.93. The molecule has 1 aromatic carbocycles. The molecule has 1 saturated heterocycles. The average molecular weight is 445 g/mol. The normalized spacial score (nSPS) is 21.1. The first-order valence-corrected chi connectivity index (χ1v) is 11.0. The summed E-state index contributed by atoms with van der Waals surface area (Å²) in [6.07, 6.45) is 3.57. The number of rotatable bonds is 6. The first-order valence-electron chi connectivity index (χ1n) is 10.6. The number of carbonyl (C=O) groups is 2. The molecule has 2 aliphatic rings. The van der Waals surface area contributed by atoms with E-state index in [9.17, 15) is 9.59 Å². The van der Waals surface area contributed by atoms with E-state index in [1.807, 2.05) is 12.1 Å². The predicted octanol–water partition coefficient (Wildman–Crippen LogP) is 3.87. The summed E-state index contributed by atoms with van der Waals surface area (Å²) < 4.78 is 15.3. The summed E-state index contributed by atoms with van der Waals surface area (Å²) in [5.74, 6) is -0.556. The van der Waals surface area contributed by atoms with Crippen LogP contribution >= 0.6 is 11.6 Å². The van der Waals surface area contributed by atoms with E-state index in [4.69, 9.17) is 11.6 Å². The molecule has 31 heavy (non-hydrogen) atoms. The summed E-state index contributed by atoms with van der Waals surface area (Å²) >= 11 is 6.32. The Balaban J connectivity index is 1.55. The summed E-state index contributed by atoms with van der Waals surface area (Å²) in [6, 6.07) is 6.80. The smallest absolute Gasteiger partial charge is 0.223 e. The molecule has 2 unspecified atom stereocenters. The minimum absolute atomic E-state index is 0.0453. The van der Waals surface area contributed by atoms with Crippen LogP contribution < -0.4 is 16.0 Å². The van der Waals surface area contributed by atoms with Crippen molar-refractivity contribution in [2.45, 2.75) is 57.8 Å². The SMILES string of the molecule is CC(C)C(=O)NCc1ccc(Cl)c(C2NC(=O)CC(c3ccc(C4CC4)nc3)N2)c1F. The van der Waals surface area contributed by atoms with E-state index in [1.165, 1.54) is 12.8 Å². The number of aromatic nitrogens is 1. The van der Waals surface area contributed by atoms with Gasteiger partial charge in [-0.3, -0.25) is 19.9 Å². The molecule has 4 rings (SSSR count). The Bertz CT molecular complexity index is 992. The number of carbonyl (C=O) groups excluding carboxylic acids is 2. The highest BCUT2D eigenvalue weighted by Crippen LogP contribution is 2.39. The van der Waals surface area contributed by atoms with Crippen LogP contribution in [0.5, 0.6) is 0 Å². The topological polar surface area (TPSA) is 83.1 Å². The lowest BCUT2D eigenvalue weighted by Gasteiger charge is -2.33. The third-order valence-electron chi connectivity index (χ3n) is 5.74. The van der Waals surface area contributed by atoms with Gasteiger partial charge in [0.25, 0.3) is 0 Å². The van der Waals surface area contributed by atoms with E-state index in [2.05, 4.69) is 20.9 Å². The van der Waals surface area contributed by atoms with E-state index in [-0.39, 0.29) is 47.3 Å². The molecule has 8 heteroatoms. The molecule has 0 spiro atoms. The van der Waals surface area contributed by atoms with Gasteiger partial charge in [0.05, 0.1) is 5.02 Å². The summed E-state index contributed by atoms with van der Waals surface area (Å²) in [5, 5.41) is 8.99. The molecule has 2 aromatic rings. The van der Waals surface area contributed by atoms with Gasteiger partial charge in [0.1, 0.15) is 12.0 Å². The predicted molar refractivity (Wildman–Crippen MR) is 116 cm³/mol. The second-order valence-corrected chi connectivity index (χ2v) is 8.93. The minimum atomic E-state index is -0.789. The van der Waals surface area contributed by atoms with Crippen molar-refractivity contribution in [3.8, 4) is 0 Å². The molecule has 2 amide bonds. The maximum Gasteiger partial charge on any atom is 0.223 e. The van der Waals surface area contributed by atoms with Crippen LogP contribution in [0, 0.1) is 11.7 Å². The van der Waals surface area contributed by atoms with E-state index < -0.39 is 12.0 Å². The fourth-order valence-electron chi connectivity index (χ4n) is 3.72. The van der Waals surface area contributed by atoms with Crippen LogP contribution in [0.15, 0.2) is 30.5 Å². The lowest BCUT2D eigenvalue weighted by molar-refractivity contribution is -0.125. The number of hydrogen-bond donors (Lipinski definition) is 3. The van der Waals surface area contributed by atoms with Crippen molar-refractivity contribution in [1.82, 2.24) is 20.9 Å². The highest BCUT2D eigenvalue weighted by molar-refractivity contribution is 6.31. The molecule has 0 radical (unpaired) electrons. The third-order valence-corrected chi connectivity index (χ3v) is 6.07. The van der Waals surface area contributed by atoms with E-state index >= 15 is 4.39 Å². The number of nitrogens with one attached hydrogen (secondary N) is 3. The zero-order valence-electron chi connectivity index (χ0n) is 17.5. The Labute approximate surface area is 186 Å². The van der Waals surface area contributed by atoms with Crippen LogP contribution in [-0.4, -0.2) is 16.8 Å². The number of pyridine rings is 1. The zero-order valence-corrected chi connectivity index (χ0v) is 18.3. The molecular weight excluding hydrogens is 419 g/mol. The van der Waals surface area contributed by atoms with Gasteiger partial charge in [-0.25, -0.2) is 4.39 Å². The standard InChI is InChI=1S/C23H26ClFN4O2/c1-12(2)23(31)27-11-15-5-7-16(24)20(21(15)25)22-28-18(9-19(30)29-22)14-6-8-17(26-10-14)13-3-4-13/h5-8,10,12-13,18,22,28H,3-4,9,11H2,1-2H3,(H,27,31)(H,29,30). The zero-order chi connectivity index (χ0) is 22.1. The Kier molecular flexibility index (Phi) is 6.25. The lowest BCUT2D eigenvalue weighted by atomic mass is 9.98. The summed E-state index contributed by atoms with van der Waals surface area (Å²) in [7, 11) is 0. The first kappa shape index (κ1) is 21.7. The van der Waals surface area contributed by atoms with Gasteiger partial charge in [0, 0.05) is 53.9 Å². The van der Waals surface area contributed by atoms with Gasteiger partial charge in [-0.2, -0.15) is 0 Å². The van der Waals surface area contributed by atoms with Crippen molar-refractivity contribution < 1.29 is 14.0 Å². The molecule has 0 bridgehead atoms. The molecular formula is C23H26ClFN4O2. The van der Waals surface area contributed by atoms with E-state index in [0.717, 1.165) is 11.3 Å². The number of hydrogen-bond acceptors (Lipinski definition) is 4. The van der Waals surface area contributed by atoms with Crippen molar-refractivity contribution in [3.63, 3.8) is 0 Å². The third kappa shape index (κ3) is 4.88. The molecule has 2 heterocycles. The second-order valence-electron chi connectivity index (χ2n) is 8.52. The maximum atomic E-state index is 15.3. The largest absolute Gasteiger partial charge is 0.352 e. The molecule has 2 atom stereocenters. The van der Waals surface area contributed by atoms with Crippen molar-refractivity contribution >= 4 is 23.4 Å². The maximum absolute atomic E-state index is 15.3. The van der Waals surface area contributed by atoms with Crippen molar-refractivity contribution in [2.24, 2.45) is 5.92 Å². The van der Waals surface area contributed by atoms with Gasteiger partial charge in [0.2, 0.25) is 11.8 Å². The molecule has 6 nitrogen and oxygen atoms in total. The molecule has 1 aliphatic carbocycles. The Morgan fingerprint density at radius 1 is 1.29 bits per heavy atom. The number of benzene rings is 1. The quantitative estimate of drug-likeness (QED) is 0.631. The molecule has 1 saturated carbocycles. The van der Waals surface area contributed by atoms with Gasteiger partial charge in [-0.1, -0.05) is 37.6 Å². The highest BCUT2D eigenvalue weighted by Gasteiger charge is 2.32. The van der Waals surface area contributed by atoms with Crippen molar-refractivity contribution in [2.75, 3.05) is 0 Å². The summed E-state index contributed by atoms with van der Waals surface area (Å²) in [5.41, 5.74) is 2.42. The molecule has 1 aliphatic heterocycles. The van der Waals surface area contributed by atoms with Crippen LogP contribution in [-0.2, 0) is 16.1 Å². The van der Waals surface area contributed by atoms with Gasteiger partial charge in [-0.05, 0) is 30.5 Å². The molecule has 2 fully saturated rings. The van der Waals surface area contributed by atoms with Gasteiger partial charge in [0.15, 0.2) is 0 Å². The molecule has 3 N–H and O–H groups in total. The number of amides is 2. The first-order chi connectivity index (χ1) is 14.8. The van der Waals surface area contributed by atoms with Gasteiger partial charge >= 0.3 is 0 Å². The van der Waals surface area contributed by atoms with Crippen molar-refractivity contribution in [3.05, 3.63) is 63.7 Å². The summed E-state index contributed by atoms with van der Waals surface area (Å²) in [6.45, 7) is 3.59. The highest BCUT2D eigenvalue weighted by atomic mass is 35.5. The fraction of sp³-hybridized carbons (Fsp3) is 0.435. The van der Waals surface area contributed by atoms with Crippen LogP contribution in [0.25, 0.3) is 0 Å². The van der Waals surface area contributed by atoms with Gasteiger partial charge in [-0.15, -0.1) is 0 Å². The lowest BCUT2D eigenvalue weighted by Crippen LogP contribution is -2.47. The van der Waals surface area contributed by atoms with Crippen LogP contribution in [0.3, 0.4) is 0 Å². The van der Waals surface area contributed by atoms with Crippen LogP contribution in [0.4, 0.5) is 4.39 Å². The Hall–Kier alpha value is -2.51. The van der Waals surface area contributed by atoms with E-state index in [1.54, 1.807) is 32.2 Å². The fourth-order valence-corrected chi connectivity index (χ4v) is 3.98.